The number of primary amides is 1. The van der Waals surface area contributed by atoms with Gasteiger partial charge < -0.3 is 20.9 Å². The molecule has 6 heteroatoms. The van der Waals surface area contributed by atoms with Gasteiger partial charge in [0.05, 0.1) is 0 Å². The van der Waals surface area contributed by atoms with Gasteiger partial charge in [-0.05, 0) is 19.1 Å². The van der Waals surface area contributed by atoms with Gasteiger partial charge in [-0.2, -0.15) is 0 Å². The first-order valence-electron chi connectivity index (χ1n) is 6.49. The van der Waals surface area contributed by atoms with E-state index in [0.29, 0.717) is 13.1 Å². The molecule has 0 saturated carbocycles. The minimum atomic E-state index is -0.694. The number of para-hydroxylation sites is 1. The number of likely N-dealkylation sites (N-methyl/N-ethyl adjacent to an activating group) is 2. The van der Waals surface area contributed by atoms with E-state index in [2.05, 4.69) is 10.2 Å². The molecule has 0 spiro atoms. The Morgan fingerprint density at radius 1 is 1.20 bits per heavy atom. The predicted molar refractivity (Wildman–Crippen MR) is 79.5 cm³/mol. The third-order valence-electron chi connectivity index (χ3n) is 3.07. The molecule has 0 aliphatic rings. The molecule has 0 bridgehead atoms. The predicted octanol–water partition coefficient (Wildman–Crippen LogP) is 0.638. The van der Waals surface area contributed by atoms with E-state index < -0.39 is 12.1 Å². The molecule has 0 heterocycles. The fourth-order valence-electron chi connectivity index (χ4n) is 1.83. The number of nitrogens with two attached hydrogens (primary N) is 1. The van der Waals surface area contributed by atoms with E-state index in [0.717, 1.165) is 5.69 Å². The summed E-state index contributed by atoms with van der Waals surface area (Å²) < 4.78 is 0. The van der Waals surface area contributed by atoms with Crippen LogP contribution in [0.3, 0.4) is 0 Å². The molecule has 3 amide bonds. The monoisotopic (exact) mass is 278 g/mol. The zero-order valence-electron chi connectivity index (χ0n) is 12.2. The van der Waals surface area contributed by atoms with E-state index >= 15 is 0 Å². The lowest BCUT2D eigenvalue weighted by molar-refractivity contribution is -0.131. The van der Waals surface area contributed by atoms with Crippen molar-refractivity contribution in [3.8, 4) is 0 Å². The van der Waals surface area contributed by atoms with Gasteiger partial charge in [-0.1, -0.05) is 18.2 Å². The van der Waals surface area contributed by atoms with Crippen molar-refractivity contribution in [2.75, 3.05) is 32.1 Å². The number of carbonyl (C=O) groups excluding carboxylic acids is 2. The lowest BCUT2D eigenvalue weighted by atomic mass is 10.3. The first-order valence-corrected chi connectivity index (χ1v) is 6.49. The highest BCUT2D eigenvalue weighted by Crippen LogP contribution is 2.10. The summed E-state index contributed by atoms with van der Waals surface area (Å²) in [4.78, 5) is 26.3. The molecule has 110 valence electrons. The molecule has 6 nitrogen and oxygen atoms in total. The van der Waals surface area contributed by atoms with Crippen molar-refractivity contribution in [3.63, 3.8) is 0 Å². The van der Waals surface area contributed by atoms with Crippen molar-refractivity contribution in [1.82, 2.24) is 10.2 Å². The minimum absolute atomic E-state index is 0.162. The molecule has 0 radical (unpaired) electrons. The largest absolute Gasteiger partial charge is 0.373 e. The summed E-state index contributed by atoms with van der Waals surface area (Å²) in [6.07, 6.45) is 0. The number of hydrogen-bond donors (Lipinski definition) is 2. The molecule has 1 unspecified atom stereocenters. The number of urea groups is 1. The van der Waals surface area contributed by atoms with E-state index in [1.807, 2.05) is 37.4 Å². The summed E-state index contributed by atoms with van der Waals surface area (Å²) in [5.74, 6) is -0.162. The summed E-state index contributed by atoms with van der Waals surface area (Å²) in [6.45, 7) is 2.88. The van der Waals surface area contributed by atoms with Crippen molar-refractivity contribution in [1.29, 1.82) is 0 Å². The number of rotatable bonds is 6. The van der Waals surface area contributed by atoms with Crippen LogP contribution in [0, 0.1) is 0 Å². The molecule has 0 aromatic heterocycles. The lowest BCUT2D eigenvalue weighted by Gasteiger charge is -2.25. The number of amides is 3. The smallest absolute Gasteiger partial charge is 0.312 e. The first kappa shape index (κ1) is 15.8. The van der Waals surface area contributed by atoms with Crippen molar-refractivity contribution < 1.29 is 9.59 Å². The Morgan fingerprint density at radius 2 is 1.80 bits per heavy atom. The van der Waals surface area contributed by atoms with E-state index in [-0.39, 0.29) is 5.91 Å². The van der Waals surface area contributed by atoms with Crippen LogP contribution in [0.2, 0.25) is 0 Å². The average molecular weight is 278 g/mol. The Bertz CT molecular complexity index is 450. The minimum Gasteiger partial charge on any atom is -0.373 e. The van der Waals surface area contributed by atoms with E-state index in [1.54, 1.807) is 18.9 Å². The Hall–Kier alpha value is -2.24. The molecule has 20 heavy (non-hydrogen) atoms. The van der Waals surface area contributed by atoms with Crippen molar-refractivity contribution in [2.45, 2.75) is 13.0 Å². The van der Waals surface area contributed by atoms with Gasteiger partial charge in [0.15, 0.2) is 0 Å². The van der Waals surface area contributed by atoms with Crippen LogP contribution in [0.25, 0.3) is 0 Å². The van der Waals surface area contributed by atoms with Crippen LogP contribution in [0.1, 0.15) is 6.92 Å². The highest BCUT2D eigenvalue weighted by molar-refractivity contribution is 5.86. The van der Waals surface area contributed by atoms with Crippen molar-refractivity contribution in [3.05, 3.63) is 30.3 Å². The van der Waals surface area contributed by atoms with Gasteiger partial charge in [0.25, 0.3) is 0 Å². The standard InChI is InChI=1S/C14H22N4O2/c1-11(16-14(15)20)13(19)18(3)10-9-17(2)12-7-5-4-6-8-12/h4-8,11H,9-10H2,1-3H3,(H3,15,16,20). The Kier molecular flexibility index (Phi) is 5.83. The van der Waals surface area contributed by atoms with Gasteiger partial charge >= 0.3 is 6.03 Å². The zero-order chi connectivity index (χ0) is 15.1. The SMILES string of the molecule is CC(NC(N)=O)C(=O)N(C)CCN(C)c1ccccc1. The molecule has 0 aliphatic heterocycles. The number of benzene rings is 1. The van der Waals surface area contributed by atoms with Gasteiger partial charge in [0.2, 0.25) is 5.91 Å². The second-order valence-electron chi connectivity index (χ2n) is 4.75. The van der Waals surface area contributed by atoms with Crippen LogP contribution in [0.4, 0.5) is 10.5 Å². The molecule has 1 aromatic rings. The summed E-state index contributed by atoms with van der Waals surface area (Å²) in [5, 5.41) is 2.38. The van der Waals surface area contributed by atoms with Gasteiger partial charge in [-0.3, -0.25) is 4.79 Å². The fourth-order valence-corrected chi connectivity index (χ4v) is 1.83. The van der Waals surface area contributed by atoms with Gasteiger partial charge in [-0.25, -0.2) is 4.79 Å². The quantitative estimate of drug-likeness (QED) is 0.801. The third kappa shape index (κ3) is 4.79. The van der Waals surface area contributed by atoms with Gasteiger partial charge in [0.1, 0.15) is 6.04 Å². The number of carbonyl (C=O) groups is 2. The molecule has 1 rings (SSSR count). The maximum absolute atomic E-state index is 12.0. The highest BCUT2D eigenvalue weighted by atomic mass is 16.2. The maximum atomic E-state index is 12.0. The molecule has 1 atom stereocenters. The van der Waals surface area contributed by atoms with Crippen LogP contribution in [0.15, 0.2) is 30.3 Å². The Morgan fingerprint density at radius 3 is 2.35 bits per heavy atom. The molecule has 3 N–H and O–H groups in total. The second-order valence-corrected chi connectivity index (χ2v) is 4.75. The number of hydrogen-bond acceptors (Lipinski definition) is 3. The van der Waals surface area contributed by atoms with E-state index in [4.69, 9.17) is 5.73 Å². The molecular weight excluding hydrogens is 256 g/mol. The summed E-state index contributed by atoms with van der Waals surface area (Å²) in [6, 6.07) is 8.63. The third-order valence-corrected chi connectivity index (χ3v) is 3.07. The first-order chi connectivity index (χ1) is 9.41. The number of anilines is 1. The van der Waals surface area contributed by atoms with Crippen molar-refractivity contribution >= 4 is 17.6 Å². The fraction of sp³-hybridized carbons (Fsp3) is 0.429. The van der Waals surface area contributed by atoms with Gasteiger partial charge in [-0.15, -0.1) is 0 Å². The summed E-state index contributed by atoms with van der Waals surface area (Å²) in [5.41, 5.74) is 6.09. The number of nitrogens with zero attached hydrogens (tertiary/aromatic N) is 2. The molecule has 0 fully saturated rings. The molecule has 0 aliphatic carbocycles. The second kappa shape index (κ2) is 7.37. The van der Waals surface area contributed by atoms with E-state index in [9.17, 15) is 9.59 Å². The van der Waals surface area contributed by atoms with Crippen LogP contribution in [-0.4, -0.2) is 50.1 Å². The summed E-state index contributed by atoms with van der Waals surface area (Å²) >= 11 is 0. The van der Waals surface area contributed by atoms with Crippen molar-refractivity contribution in [2.24, 2.45) is 5.73 Å². The Labute approximate surface area is 119 Å². The normalized spacial score (nSPS) is 11.6. The van der Waals surface area contributed by atoms with Crippen LogP contribution in [-0.2, 0) is 4.79 Å². The maximum Gasteiger partial charge on any atom is 0.312 e. The highest BCUT2D eigenvalue weighted by Gasteiger charge is 2.18. The van der Waals surface area contributed by atoms with Crippen LogP contribution < -0.4 is 16.0 Å². The average Bonchev–Trinajstić information content (AvgIpc) is 2.43. The van der Waals surface area contributed by atoms with Crippen LogP contribution >= 0.6 is 0 Å². The molecule has 0 saturated heterocycles. The number of nitrogens with one attached hydrogen (secondary N) is 1. The van der Waals surface area contributed by atoms with E-state index in [1.165, 1.54) is 0 Å². The zero-order valence-corrected chi connectivity index (χ0v) is 12.2. The van der Waals surface area contributed by atoms with Gasteiger partial charge in [0, 0.05) is 32.9 Å². The lowest BCUT2D eigenvalue weighted by Crippen LogP contribution is -2.48. The molecular formula is C14H22N4O2. The topological polar surface area (TPSA) is 78.7 Å². The molecule has 1 aromatic carbocycles. The van der Waals surface area contributed by atoms with Crippen LogP contribution in [0.5, 0.6) is 0 Å². The summed E-state index contributed by atoms with van der Waals surface area (Å²) in [7, 11) is 3.68. The Balaban J connectivity index is 2.44.